The number of aromatic nitrogens is 1. The SMILES string of the molecule is CCC1=NN2C(=N)C(=Cc3cn(CCOc4ccccc4)c4ccccc34)C(=O)N=C2S1. The molecular weight excluding hydrogens is 422 g/mol. The predicted octanol–water partition coefficient (Wildman–Crippen LogP) is 4.75. The Morgan fingerprint density at radius 2 is 1.91 bits per heavy atom. The zero-order valence-corrected chi connectivity index (χ0v) is 18.3. The topological polar surface area (TPSA) is 83.0 Å². The number of hydrogen-bond donors (Lipinski definition) is 1. The lowest BCUT2D eigenvalue weighted by molar-refractivity contribution is -0.114. The van der Waals surface area contributed by atoms with Gasteiger partial charge >= 0.3 is 0 Å². The molecule has 0 saturated heterocycles. The summed E-state index contributed by atoms with van der Waals surface area (Å²) in [6, 6.07) is 17.7. The van der Waals surface area contributed by atoms with Crippen LogP contribution in [0.25, 0.3) is 17.0 Å². The molecule has 0 fully saturated rings. The van der Waals surface area contributed by atoms with E-state index in [1.807, 2.05) is 67.7 Å². The second kappa shape index (κ2) is 8.47. The summed E-state index contributed by atoms with van der Waals surface area (Å²) in [4.78, 5) is 16.9. The van der Waals surface area contributed by atoms with Crippen LogP contribution in [0.4, 0.5) is 0 Å². The van der Waals surface area contributed by atoms with E-state index in [9.17, 15) is 4.79 Å². The molecular formula is C24H21N5O2S. The maximum Gasteiger partial charge on any atom is 0.283 e. The van der Waals surface area contributed by atoms with E-state index in [2.05, 4.69) is 14.7 Å². The summed E-state index contributed by atoms with van der Waals surface area (Å²) in [5.41, 5.74) is 2.13. The largest absolute Gasteiger partial charge is 0.492 e. The summed E-state index contributed by atoms with van der Waals surface area (Å²) >= 11 is 1.34. The van der Waals surface area contributed by atoms with Gasteiger partial charge in [-0.05, 0) is 42.5 Å². The highest BCUT2D eigenvalue weighted by molar-refractivity contribution is 8.26. The Balaban J connectivity index is 1.44. The molecule has 5 rings (SSSR count). The van der Waals surface area contributed by atoms with Gasteiger partial charge in [-0.25, -0.2) is 0 Å². The maximum absolute atomic E-state index is 12.7. The van der Waals surface area contributed by atoms with Crippen LogP contribution in [0.15, 0.2) is 76.5 Å². The normalized spacial score (nSPS) is 17.0. The lowest BCUT2D eigenvalue weighted by Gasteiger charge is -2.20. The first-order valence-electron chi connectivity index (χ1n) is 10.4. The molecule has 2 aromatic carbocycles. The molecule has 0 aliphatic carbocycles. The number of carbonyl (C=O) groups is 1. The van der Waals surface area contributed by atoms with Crippen molar-refractivity contribution >= 4 is 50.7 Å². The quantitative estimate of drug-likeness (QED) is 0.558. The molecule has 8 heteroatoms. The number of ether oxygens (including phenoxy) is 1. The zero-order valence-electron chi connectivity index (χ0n) is 17.5. The standard InChI is InChI=1S/C24H21N5O2S/c1-2-21-27-29-22(25)19(23(30)26-24(29)32-21)14-16-15-28(20-11-7-6-10-18(16)20)12-13-31-17-8-4-3-5-9-17/h3-11,14-15,25H,2,12-13H2,1H3. The number of thioether (sulfide) groups is 1. The highest BCUT2D eigenvalue weighted by Gasteiger charge is 2.35. The van der Waals surface area contributed by atoms with Crippen LogP contribution >= 0.6 is 11.8 Å². The number of nitrogens with one attached hydrogen (secondary N) is 1. The van der Waals surface area contributed by atoms with Crippen LogP contribution in [0.5, 0.6) is 5.75 Å². The molecule has 2 aliphatic heterocycles. The van der Waals surface area contributed by atoms with Crippen molar-refractivity contribution in [2.45, 2.75) is 19.9 Å². The van der Waals surface area contributed by atoms with Gasteiger partial charge in [0.05, 0.1) is 12.1 Å². The minimum absolute atomic E-state index is 0.0557. The molecule has 7 nitrogen and oxygen atoms in total. The van der Waals surface area contributed by atoms with E-state index in [-0.39, 0.29) is 11.4 Å². The van der Waals surface area contributed by atoms with E-state index in [1.54, 1.807) is 6.08 Å². The van der Waals surface area contributed by atoms with E-state index >= 15 is 0 Å². The molecule has 1 amide bonds. The first-order valence-corrected chi connectivity index (χ1v) is 11.2. The Hall–Kier alpha value is -3.65. The van der Waals surface area contributed by atoms with Gasteiger partial charge in [-0.15, -0.1) is 0 Å². The molecule has 0 bridgehead atoms. The van der Waals surface area contributed by atoms with Crippen LogP contribution in [0.2, 0.25) is 0 Å². The summed E-state index contributed by atoms with van der Waals surface area (Å²) in [6.07, 6.45) is 4.47. The molecule has 160 valence electrons. The smallest absolute Gasteiger partial charge is 0.283 e. The fourth-order valence-corrected chi connectivity index (χ4v) is 4.51. The molecule has 0 atom stereocenters. The van der Waals surface area contributed by atoms with Gasteiger partial charge in [0, 0.05) is 22.7 Å². The first-order chi connectivity index (χ1) is 15.6. The molecule has 0 spiro atoms. The molecule has 1 N–H and O–H groups in total. The molecule has 0 saturated carbocycles. The van der Waals surface area contributed by atoms with Gasteiger partial charge in [-0.2, -0.15) is 15.1 Å². The third kappa shape index (κ3) is 3.73. The van der Waals surface area contributed by atoms with Crippen molar-refractivity contribution < 1.29 is 9.53 Å². The maximum atomic E-state index is 12.7. The molecule has 2 aliphatic rings. The minimum Gasteiger partial charge on any atom is -0.492 e. The summed E-state index contributed by atoms with van der Waals surface area (Å²) in [7, 11) is 0. The predicted molar refractivity (Wildman–Crippen MR) is 129 cm³/mol. The number of rotatable bonds is 6. The summed E-state index contributed by atoms with van der Waals surface area (Å²) < 4.78 is 7.96. The number of benzene rings is 2. The van der Waals surface area contributed by atoms with Crippen LogP contribution in [-0.2, 0) is 11.3 Å². The number of hydrazone groups is 1. The van der Waals surface area contributed by atoms with Gasteiger partial charge in [0.25, 0.3) is 5.91 Å². The van der Waals surface area contributed by atoms with Gasteiger partial charge in [0.2, 0.25) is 5.17 Å². The van der Waals surface area contributed by atoms with Crippen molar-refractivity contribution in [3.8, 4) is 5.75 Å². The Bertz CT molecular complexity index is 1310. The van der Waals surface area contributed by atoms with Crippen molar-refractivity contribution in [2.24, 2.45) is 10.1 Å². The molecule has 0 unspecified atom stereocenters. The number of para-hydroxylation sites is 2. The number of amides is 1. The van der Waals surface area contributed by atoms with Crippen LogP contribution < -0.4 is 4.74 Å². The zero-order chi connectivity index (χ0) is 22.1. The number of hydrogen-bond acceptors (Lipinski definition) is 5. The Kier molecular flexibility index (Phi) is 5.36. The van der Waals surface area contributed by atoms with E-state index in [4.69, 9.17) is 10.1 Å². The monoisotopic (exact) mass is 443 g/mol. The lowest BCUT2D eigenvalue weighted by atomic mass is 10.1. The summed E-state index contributed by atoms with van der Waals surface area (Å²) in [6.45, 7) is 3.16. The highest BCUT2D eigenvalue weighted by Crippen LogP contribution is 2.30. The van der Waals surface area contributed by atoms with E-state index < -0.39 is 5.91 Å². The minimum atomic E-state index is -0.412. The third-order valence-electron chi connectivity index (χ3n) is 5.26. The summed E-state index contributed by atoms with van der Waals surface area (Å²) in [5, 5.41) is 16.7. The van der Waals surface area contributed by atoms with Crippen molar-refractivity contribution in [2.75, 3.05) is 6.61 Å². The van der Waals surface area contributed by atoms with Gasteiger partial charge < -0.3 is 9.30 Å². The number of carbonyl (C=O) groups excluding carboxylic acids is 1. The second-order valence-electron chi connectivity index (χ2n) is 7.32. The average Bonchev–Trinajstić information content (AvgIpc) is 3.39. The van der Waals surface area contributed by atoms with Crippen LogP contribution in [-0.4, -0.2) is 38.1 Å². The van der Waals surface area contributed by atoms with E-state index in [0.717, 1.165) is 33.7 Å². The molecule has 32 heavy (non-hydrogen) atoms. The number of aliphatic imine (C=N–C) groups is 1. The number of amidine groups is 2. The lowest BCUT2D eigenvalue weighted by Crippen LogP contribution is -2.35. The first kappa shape index (κ1) is 20.3. The van der Waals surface area contributed by atoms with Gasteiger partial charge in [-0.3, -0.25) is 10.2 Å². The van der Waals surface area contributed by atoms with Gasteiger partial charge in [0.15, 0.2) is 5.84 Å². The Morgan fingerprint density at radius 3 is 2.72 bits per heavy atom. The van der Waals surface area contributed by atoms with Crippen LogP contribution in [0, 0.1) is 5.41 Å². The number of nitrogens with zero attached hydrogens (tertiary/aromatic N) is 4. The van der Waals surface area contributed by atoms with Gasteiger partial charge in [-0.1, -0.05) is 43.3 Å². The highest BCUT2D eigenvalue weighted by atomic mass is 32.2. The summed E-state index contributed by atoms with van der Waals surface area (Å²) in [5.74, 6) is 0.474. The van der Waals surface area contributed by atoms with Crippen LogP contribution in [0.1, 0.15) is 18.9 Å². The Morgan fingerprint density at radius 1 is 1.12 bits per heavy atom. The number of fused-ring (bicyclic) bond motifs is 2. The molecule has 1 aromatic heterocycles. The van der Waals surface area contributed by atoms with Crippen molar-refractivity contribution in [3.05, 3.63) is 71.9 Å². The fourth-order valence-electron chi connectivity index (χ4n) is 3.68. The van der Waals surface area contributed by atoms with Crippen molar-refractivity contribution in [1.82, 2.24) is 9.58 Å². The van der Waals surface area contributed by atoms with E-state index in [0.29, 0.717) is 18.3 Å². The van der Waals surface area contributed by atoms with Crippen molar-refractivity contribution in [3.63, 3.8) is 0 Å². The third-order valence-corrected chi connectivity index (χ3v) is 6.31. The average molecular weight is 444 g/mol. The van der Waals surface area contributed by atoms with E-state index in [1.165, 1.54) is 16.8 Å². The molecule has 3 aromatic rings. The Labute approximate surface area is 189 Å². The second-order valence-corrected chi connectivity index (χ2v) is 8.36. The fraction of sp³-hybridized carbons (Fsp3) is 0.167. The van der Waals surface area contributed by atoms with Crippen LogP contribution in [0.3, 0.4) is 0 Å². The molecule has 0 radical (unpaired) electrons. The van der Waals surface area contributed by atoms with Gasteiger partial charge in [0.1, 0.15) is 17.4 Å². The van der Waals surface area contributed by atoms with Crippen molar-refractivity contribution in [1.29, 1.82) is 5.41 Å². The molecule has 3 heterocycles.